The molecule has 0 saturated carbocycles. The van der Waals surface area contributed by atoms with Crippen LogP contribution < -0.4 is 66.1 Å². The number of ether oxygens (including phenoxy) is 6. The van der Waals surface area contributed by atoms with Crippen LogP contribution in [0, 0.1) is 0 Å². The molecule has 21 nitrogen and oxygen atoms in total. The third-order valence-electron chi connectivity index (χ3n) is 17.1. The minimum Gasteiger partial charge on any atom is -0.484 e. The molecule has 12 rings (SSSR count). The van der Waals surface area contributed by atoms with Crippen molar-refractivity contribution in [3.05, 3.63) is 285 Å². The minimum absolute atomic E-state index is 0.00662. The molecule has 8 N–H and O–H groups in total. The molecule has 520 valence electrons. The molecule has 8 bridgehead atoms. The maximum absolute atomic E-state index is 15.3. The van der Waals surface area contributed by atoms with E-state index in [2.05, 4.69) is 31.9 Å². The summed E-state index contributed by atoms with van der Waals surface area (Å²) in [5, 5.41) is 18.7. The average molecular weight is 1360 g/mol. The zero-order valence-electron chi connectivity index (χ0n) is 56.2. The summed E-state index contributed by atoms with van der Waals surface area (Å²) < 4.78 is 39.7. The maximum Gasteiger partial charge on any atom is 0.255 e. The molecule has 0 aromatic heterocycles. The Morgan fingerprint density at radius 2 is 0.495 bits per heavy atom. The van der Waals surface area contributed by atoms with E-state index >= 15 is 4.79 Å². The van der Waals surface area contributed by atoms with E-state index in [4.69, 9.17) is 34.2 Å². The van der Waals surface area contributed by atoms with E-state index in [9.17, 15) is 24.0 Å². The van der Waals surface area contributed by atoms with Gasteiger partial charge < -0.3 is 66.1 Å². The number of benzene rings is 9. The van der Waals surface area contributed by atoms with Crippen molar-refractivity contribution in [3.8, 4) is 34.5 Å². The van der Waals surface area contributed by atoms with Crippen molar-refractivity contribution in [1.29, 1.82) is 0 Å². The van der Waals surface area contributed by atoms with E-state index in [1.807, 2.05) is 192 Å². The van der Waals surface area contributed by atoms with Crippen LogP contribution in [0.3, 0.4) is 0 Å². The Morgan fingerprint density at radius 1 is 0.287 bits per heavy atom. The van der Waals surface area contributed by atoms with Gasteiger partial charge in [0.2, 0.25) is 0 Å². The highest BCUT2D eigenvalue weighted by atomic mass is 16.5. The minimum atomic E-state index is -0.667. The van der Waals surface area contributed by atoms with E-state index in [1.165, 1.54) is 30.3 Å². The number of hydrogen-bond acceptors (Lipinski definition) is 15. The van der Waals surface area contributed by atoms with Gasteiger partial charge >= 0.3 is 0 Å². The van der Waals surface area contributed by atoms with Crippen LogP contribution in [0.15, 0.2) is 218 Å². The molecule has 21 heteroatoms. The highest BCUT2D eigenvalue weighted by Crippen LogP contribution is 2.40. The van der Waals surface area contributed by atoms with Crippen LogP contribution in [0.4, 0.5) is 0 Å². The van der Waals surface area contributed by atoms with Gasteiger partial charge in [0.1, 0.15) is 39.6 Å². The van der Waals surface area contributed by atoms with Gasteiger partial charge in [-0.05, 0) is 82.7 Å². The predicted octanol–water partition coefficient (Wildman–Crippen LogP) is 9.29. The van der Waals surface area contributed by atoms with Crippen molar-refractivity contribution in [2.45, 2.75) is 52.1 Å². The quantitative estimate of drug-likeness (QED) is 0.0375. The number of carbonyl (C=O) groups excluding carboxylic acids is 6. The van der Waals surface area contributed by atoms with Crippen molar-refractivity contribution in [2.75, 3.05) is 78.5 Å². The average Bonchev–Trinajstić information content (AvgIpc) is 0.805. The summed E-state index contributed by atoms with van der Waals surface area (Å²) in [6.07, 6.45) is 0.275. The highest BCUT2D eigenvalue weighted by Gasteiger charge is 2.31. The second-order valence-corrected chi connectivity index (χ2v) is 24.3. The number of fused-ring (bicyclic) bond motifs is 18. The number of carbonyl (C=O) groups is 6. The molecule has 1 atom stereocenters. The lowest BCUT2D eigenvalue weighted by molar-refractivity contribution is 0.0898. The van der Waals surface area contributed by atoms with Crippen LogP contribution in [-0.4, -0.2) is 130 Å². The van der Waals surface area contributed by atoms with Gasteiger partial charge in [0.25, 0.3) is 35.4 Å². The van der Waals surface area contributed by atoms with Gasteiger partial charge in [-0.25, -0.2) is 0 Å². The molecule has 0 aliphatic carbocycles. The van der Waals surface area contributed by atoms with Gasteiger partial charge in [-0.15, -0.1) is 0 Å². The highest BCUT2D eigenvalue weighted by molar-refractivity contribution is 6.05. The number of amides is 6. The summed E-state index contributed by atoms with van der Waals surface area (Å²) in [6, 6.07) is 65.0. The standard InChI is InChI=1S/C80H83N9O12/c81-38-37-62-49-89-47-42-85-78(93)65-33-31-63(69(96-50-56-19-7-1-8-20-56)71(65)98-52-58-23-11-3-12-24-58)75(90)82-39-44-88(46-41-84-77(92)67-35-36-68(80(95)87-62)74(101-55-61-29-17-6-18-30-61)73(67)100-54-60-27-15-5-16-28-60)45-40-83-76(91)64-32-34-66(79(94)86-43-48-89)72(99-53-59-25-13-4-14-26-59)70(64)97-51-57-21-9-2-10-22-57/h1-36,62H,37-55,81H2,(H,82,90)(H,83,91)(H,84,92)(H,85,93)(H,86,94)(H,87,95)/t62-/m0/s1. The topological polar surface area (TPSA) is 262 Å². The summed E-state index contributed by atoms with van der Waals surface area (Å²) in [5.41, 5.74) is 11.7. The Bertz CT molecular complexity index is 4050. The number of rotatable bonds is 20. The molecule has 0 radical (unpaired) electrons. The fourth-order valence-electron chi connectivity index (χ4n) is 11.7. The van der Waals surface area contributed by atoms with Gasteiger partial charge in [0.15, 0.2) is 34.5 Å². The Kier molecular flexibility index (Phi) is 25.5. The second-order valence-electron chi connectivity index (χ2n) is 24.3. The fraction of sp³-hybridized carbons (Fsp3) is 0.250. The van der Waals surface area contributed by atoms with Crippen LogP contribution in [0.25, 0.3) is 0 Å². The van der Waals surface area contributed by atoms with Crippen LogP contribution in [0.2, 0.25) is 0 Å². The molecule has 101 heavy (non-hydrogen) atoms. The van der Waals surface area contributed by atoms with Gasteiger partial charge in [-0.3, -0.25) is 38.6 Å². The summed E-state index contributed by atoms with van der Waals surface area (Å²) in [4.78, 5) is 93.9. The summed E-state index contributed by atoms with van der Waals surface area (Å²) >= 11 is 0. The van der Waals surface area contributed by atoms with Gasteiger partial charge in [0, 0.05) is 78.0 Å². The van der Waals surface area contributed by atoms with Crippen molar-refractivity contribution < 1.29 is 57.2 Å². The lowest BCUT2D eigenvalue weighted by Gasteiger charge is -2.29. The molecular weight excluding hydrogens is 1280 g/mol. The lowest BCUT2D eigenvalue weighted by Crippen LogP contribution is -2.48. The molecule has 0 unspecified atom stereocenters. The molecule has 3 aliphatic heterocycles. The number of nitrogens with two attached hydrogens (primary N) is 1. The van der Waals surface area contributed by atoms with Crippen molar-refractivity contribution >= 4 is 35.4 Å². The fourth-order valence-corrected chi connectivity index (χ4v) is 11.7. The molecule has 6 amide bonds. The SMILES string of the molecule is NCC[C@H]1CN2CCNC(=O)c3ccc(c(OCc4ccccc4)c3OCc3ccccc3)C(=O)NCCN(CCNC(=O)c3ccc(c(OCc4ccccc4)c3OCc3ccccc3)C(=O)NCC2)CCNC(=O)c2ccc(c(OCc3ccccc3)c2OCc2ccccc2)C(=O)N1. The first kappa shape index (κ1) is 70.8. The molecule has 9 aromatic carbocycles. The van der Waals surface area contributed by atoms with Crippen molar-refractivity contribution in [1.82, 2.24) is 41.7 Å². The predicted molar refractivity (Wildman–Crippen MR) is 383 cm³/mol. The first-order valence-corrected chi connectivity index (χ1v) is 33.9. The number of nitrogens with one attached hydrogen (secondary N) is 6. The largest absolute Gasteiger partial charge is 0.484 e. The smallest absolute Gasteiger partial charge is 0.255 e. The second kappa shape index (κ2) is 36.4. The van der Waals surface area contributed by atoms with Crippen molar-refractivity contribution in [3.63, 3.8) is 0 Å². The van der Waals surface area contributed by atoms with E-state index in [0.29, 0.717) is 0 Å². The normalized spacial score (nSPS) is 16.5. The molecule has 3 heterocycles. The first-order chi connectivity index (χ1) is 49.5. The Hall–Kier alpha value is -11.5. The summed E-state index contributed by atoms with van der Waals surface area (Å²) in [5.74, 6) is -2.96. The van der Waals surface area contributed by atoms with E-state index in [0.717, 1.165) is 33.4 Å². The van der Waals surface area contributed by atoms with E-state index in [1.54, 1.807) is 6.07 Å². The summed E-state index contributed by atoms with van der Waals surface area (Å²) in [7, 11) is 0. The Morgan fingerprint density at radius 3 is 0.713 bits per heavy atom. The number of hydrogen-bond donors (Lipinski definition) is 7. The van der Waals surface area contributed by atoms with Crippen LogP contribution >= 0.6 is 0 Å². The zero-order valence-corrected chi connectivity index (χ0v) is 56.2. The Labute approximate surface area is 587 Å². The number of nitrogens with zero attached hydrogens (tertiary/aromatic N) is 2. The third kappa shape index (κ3) is 19.9. The molecular formula is C80H83N9O12. The third-order valence-corrected chi connectivity index (χ3v) is 17.1. The van der Waals surface area contributed by atoms with Crippen LogP contribution in [0.1, 0.15) is 102 Å². The van der Waals surface area contributed by atoms with Crippen LogP contribution in [-0.2, 0) is 39.6 Å². The van der Waals surface area contributed by atoms with Gasteiger partial charge in [0.05, 0.1) is 33.4 Å². The first-order valence-electron chi connectivity index (χ1n) is 33.9. The summed E-state index contributed by atoms with van der Waals surface area (Å²) in [6.45, 7) is 1.47. The lowest BCUT2D eigenvalue weighted by atomic mass is 10.1. The van der Waals surface area contributed by atoms with E-state index in [-0.39, 0.29) is 192 Å². The monoisotopic (exact) mass is 1360 g/mol. The van der Waals surface area contributed by atoms with Gasteiger partial charge in [-0.1, -0.05) is 182 Å². The molecule has 9 aromatic rings. The molecule has 3 aliphatic rings. The van der Waals surface area contributed by atoms with E-state index < -0.39 is 41.5 Å². The van der Waals surface area contributed by atoms with Gasteiger partial charge in [-0.2, -0.15) is 0 Å². The van der Waals surface area contributed by atoms with Crippen LogP contribution in [0.5, 0.6) is 34.5 Å². The molecule has 0 saturated heterocycles. The Balaban J connectivity index is 1.01. The molecule has 0 spiro atoms. The molecule has 0 fully saturated rings. The zero-order chi connectivity index (χ0) is 70.0. The maximum atomic E-state index is 15.3. The van der Waals surface area contributed by atoms with Crippen molar-refractivity contribution in [2.24, 2.45) is 5.73 Å².